The minimum atomic E-state index is 0.664. The van der Waals surface area contributed by atoms with E-state index in [4.69, 9.17) is 4.74 Å². The van der Waals surface area contributed by atoms with Crippen molar-refractivity contribution in [3.8, 4) is 0 Å². The van der Waals surface area contributed by atoms with Crippen molar-refractivity contribution in [2.24, 2.45) is 0 Å². The molecule has 2 heterocycles. The quantitative estimate of drug-likeness (QED) is 0.666. The zero-order chi connectivity index (χ0) is 8.39. The van der Waals surface area contributed by atoms with Crippen LogP contribution in [0.1, 0.15) is 28.6 Å². The van der Waals surface area contributed by atoms with E-state index in [1.165, 1.54) is 9.88 Å². The van der Waals surface area contributed by atoms with Crippen LogP contribution in [0.15, 0.2) is 6.20 Å². The number of thiazole rings is 1. The van der Waals surface area contributed by atoms with Crippen LogP contribution in [-0.4, -0.2) is 18.2 Å². The molecular formula is C9H13NOS. The molecule has 1 aliphatic rings. The summed E-state index contributed by atoms with van der Waals surface area (Å²) < 4.78 is 5.30. The third kappa shape index (κ3) is 1.67. The molecule has 1 aromatic rings. The standard InChI is InChI=1S/C9H13NOS/c1-7-6-10-9(12-7)8-2-4-11-5-3-8/h6,8H,2-5H2,1H3. The Hall–Kier alpha value is -0.410. The van der Waals surface area contributed by atoms with Gasteiger partial charge < -0.3 is 4.74 Å². The van der Waals surface area contributed by atoms with Crippen molar-refractivity contribution in [2.45, 2.75) is 25.7 Å². The summed E-state index contributed by atoms with van der Waals surface area (Å²) in [4.78, 5) is 5.72. The van der Waals surface area contributed by atoms with E-state index >= 15 is 0 Å². The number of rotatable bonds is 1. The van der Waals surface area contributed by atoms with Gasteiger partial charge in [-0.1, -0.05) is 0 Å². The normalized spacial score (nSPS) is 19.8. The predicted molar refractivity (Wildman–Crippen MR) is 49.6 cm³/mol. The first-order valence-electron chi connectivity index (χ1n) is 4.36. The molecule has 1 aliphatic heterocycles. The lowest BCUT2D eigenvalue weighted by Crippen LogP contribution is -2.13. The number of ether oxygens (including phenoxy) is 1. The maximum absolute atomic E-state index is 5.30. The molecule has 0 amide bonds. The first-order chi connectivity index (χ1) is 5.86. The number of hydrogen-bond acceptors (Lipinski definition) is 3. The fraction of sp³-hybridized carbons (Fsp3) is 0.667. The van der Waals surface area contributed by atoms with Gasteiger partial charge in [0.15, 0.2) is 0 Å². The Bertz CT molecular complexity index is 253. The lowest BCUT2D eigenvalue weighted by atomic mass is 10.0. The molecule has 3 heteroatoms. The topological polar surface area (TPSA) is 22.1 Å². The van der Waals surface area contributed by atoms with Crippen molar-refractivity contribution in [1.29, 1.82) is 0 Å². The molecular weight excluding hydrogens is 170 g/mol. The summed E-state index contributed by atoms with van der Waals surface area (Å²) in [5, 5.41) is 1.30. The zero-order valence-electron chi connectivity index (χ0n) is 7.25. The largest absolute Gasteiger partial charge is 0.381 e. The van der Waals surface area contributed by atoms with Crippen LogP contribution in [0.2, 0.25) is 0 Å². The highest BCUT2D eigenvalue weighted by Gasteiger charge is 2.18. The molecule has 2 nitrogen and oxygen atoms in total. The third-order valence-corrected chi connectivity index (χ3v) is 3.28. The molecule has 0 spiro atoms. The first kappa shape index (κ1) is 8.20. The Labute approximate surface area is 76.6 Å². The minimum Gasteiger partial charge on any atom is -0.381 e. The third-order valence-electron chi connectivity index (χ3n) is 2.21. The second kappa shape index (κ2) is 3.54. The molecule has 0 saturated carbocycles. The SMILES string of the molecule is Cc1cnc(C2CCOCC2)s1. The van der Waals surface area contributed by atoms with E-state index in [2.05, 4.69) is 11.9 Å². The second-order valence-corrected chi connectivity index (χ2v) is 4.46. The van der Waals surface area contributed by atoms with E-state index in [-0.39, 0.29) is 0 Å². The second-order valence-electron chi connectivity index (χ2n) is 3.20. The highest BCUT2D eigenvalue weighted by Crippen LogP contribution is 2.29. The Kier molecular flexibility index (Phi) is 2.42. The Morgan fingerprint density at radius 3 is 2.83 bits per heavy atom. The fourth-order valence-electron chi connectivity index (χ4n) is 1.51. The fourth-order valence-corrected chi connectivity index (χ4v) is 2.45. The van der Waals surface area contributed by atoms with E-state index in [9.17, 15) is 0 Å². The van der Waals surface area contributed by atoms with Crippen LogP contribution >= 0.6 is 11.3 Å². The maximum Gasteiger partial charge on any atom is 0.0960 e. The molecule has 1 aromatic heterocycles. The van der Waals surface area contributed by atoms with Crippen molar-refractivity contribution in [1.82, 2.24) is 4.98 Å². The van der Waals surface area contributed by atoms with Crippen LogP contribution in [0.25, 0.3) is 0 Å². The van der Waals surface area contributed by atoms with Crippen LogP contribution in [-0.2, 0) is 4.74 Å². The molecule has 66 valence electrons. The number of hydrogen-bond donors (Lipinski definition) is 0. The van der Waals surface area contributed by atoms with Gasteiger partial charge in [-0.2, -0.15) is 0 Å². The van der Waals surface area contributed by atoms with Crippen molar-refractivity contribution in [3.05, 3.63) is 16.1 Å². The summed E-state index contributed by atoms with van der Waals surface area (Å²) in [5.74, 6) is 0.664. The van der Waals surface area contributed by atoms with Crippen molar-refractivity contribution < 1.29 is 4.74 Å². The Morgan fingerprint density at radius 1 is 1.50 bits per heavy atom. The maximum atomic E-state index is 5.30. The lowest BCUT2D eigenvalue weighted by molar-refractivity contribution is 0.0853. The highest BCUT2D eigenvalue weighted by atomic mass is 32.1. The number of nitrogens with zero attached hydrogens (tertiary/aromatic N) is 1. The summed E-state index contributed by atoms with van der Waals surface area (Å²) in [7, 11) is 0. The molecule has 12 heavy (non-hydrogen) atoms. The summed E-state index contributed by atoms with van der Waals surface area (Å²) in [5.41, 5.74) is 0. The summed E-state index contributed by atoms with van der Waals surface area (Å²) in [6, 6.07) is 0. The van der Waals surface area contributed by atoms with Crippen molar-refractivity contribution in [2.75, 3.05) is 13.2 Å². The predicted octanol–water partition coefficient (Wildman–Crippen LogP) is 2.35. The first-order valence-corrected chi connectivity index (χ1v) is 5.18. The molecule has 0 radical (unpaired) electrons. The highest BCUT2D eigenvalue weighted by molar-refractivity contribution is 7.11. The average Bonchev–Trinajstić information content (AvgIpc) is 2.54. The molecule has 0 unspecified atom stereocenters. The molecule has 0 bridgehead atoms. The molecule has 0 N–H and O–H groups in total. The van der Waals surface area contributed by atoms with E-state index in [1.54, 1.807) is 0 Å². The molecule has 0 atom stereocenters. The van der Waals surface area contributed by atoms with Crippen LogP contribution in [0.4, 0.5) is 0 Å². The van der Waals surface area contributed by atoms with Gasteiger partial charge in [-0.05, 0) is 19.8 Å². The van der Waals surface area contributed by atoms with Gasteiger partial charge >= 0.3 is 0 Å². The van der Waals surface area contributed by atoms with Crippen molar-refractivity contribution in [3.63, 3.8) is 0 Å². The van der Waals surface area contributed by atoms with Gasteiger partial charge in [-0.3, -0.25) is 0 Å². The Morgan fingerprint density at radius 2 is 2.25 bits per heavy atom. The van der Waals surface area contributed by atoms with E-state index in [0.717, 1.165) is 26.1 Å². The van der Waals surface area contributed by atoms with Crippen LogP contribution in [0.5, 0.6) is 0 Å². The molecule has 1 fully saturated rings. The van der Waals surface area contributed by atoms with Gasteiger partial charge in [0, 0.05) is 30.2 Å². The van der Waals surface area contributed by atoms with Gasteiger partial charge in [-0.15, -0.1) is 11.3 Å². The van der Waals surface area contributed by atoms with E-state index in [1.807, 2.05) is 17.5 Å². The lowest BCUT2D eigenvalue weighted by Gasteiger charge is -2.19. The van der Waals surface area contributed by atoms with Crippen LogP contribution < -0.4 is 0 Å². The monoisotopic (exact) mass is 183 g/mol. The molecule has 0 aliphatic carbocycles. The number of aromatic nitrogens is 1. The summed E-state index contributed by atoms with van der Waals surface area (Å²) >= 11 is 1.83. The van der Waals surface area contributed by atoms with Gasteiger partial charge in [0.2, 0.25) is 0 Å². The summed E-state index contributed by atoms with van der Waals surface area (Å²) in [6.45, 7) is 3.92. The molecule has 2 rings (SSSR count). The Balaban J connectivity index is 2.08. The van der Waals surface area contributed by atoms with Gasteiger partial charge in [-0.25, -0.2) is 4.98 Å². The molecule has 0 aromatic carbocycles. The van der Waals surface area contributed by atoms with E-state index < -0.39 is 0 Å². The van der Waals surface area contributed by atoms with Crippen molar-refractivity contribution >= 4 is 11.3 Å². The smallest absolute Gasteiger partial charge is 0.0960 e. The zero-order valence-corrected chi connectivity index (χ0v) is 8.06. The summed E-state index contributed by atoms with van der Waals surface area (Å²) in [6.07, 6.45) is 4.26. The van der Waals surface area contributed by atoms with E-state index in [0.29, 0.717) is 5.92 Å². The average molecular weight is 183 g/mol. The van der Waals surface area contributed by atoms with Crippen LogP contribution in [0, 0.1) is 6.92 Å². The minimum absolute atomic E-state index is 0.664. The van der Waals surface area contributed by atoms with Gasteiger partial charge in [0.1, 0.15) is 0 Å². The number of aryl methyl sites for hydroxylation is 1. The van der Waals surface area contributed by atoms with Gasteiger partial charge in [0.05, 0.1) is 5.01 Å². The van der Waals surface area contributed by atoms with Gasteiger partial charge in [0.25, 0.3) is 0 Å². The molecule has 1 saturated heterocycles. The van der Waals surface area contributed by atoms with Crippen LogP contribution in [0.3, 0.4) is 0 Å².